The molecule has 222 valence electrons. The van der Waals surface area contributed by atoms with E-state index >= 15 is 0 Å². The van der Waals surface area contributed by atoms with Crippen molar-refractivity contribution in [1.82, 2.24) is 0 Å². The lowest BCUT2D eigenvalue weighted by atomic mass is 9.72. The largest absolute Gasteiger partial charge is 0.369 e. The van der Waals surface area contributed by atoms with E-state index in [1.807, 2.05) is 72.8 Å². The molecule has 9 rings (SSSR count). The number of rotatable bonds is 2. The highest BCUT2D eigenvalue weighted by molar-refractivity contribution is 5.84. The summed E-state index contributed by atoms with van der Waals surface area (Å²) in [5.74, 6) is 13.7. The number of aliphatic hydroxyl groups is 2. The molecule has 0 unspecified atom stereocenters. The zero-order chi connectivity index (χ0) is 31.6. The summed E-state index contributed by atoms with van der Waals surface area (Å²) in [6.45, 7) is 0. The molecule has 0 bridgehead atoms. The van der Waals surface area contributed by atoms with Gasteiger partial charge in [0.25, 0.3) is 0 Å². The van der Waals surface area contributed by atoms with Crippen molar-refractivity contribution in [2.45, 2.75) is 29.5 Å². The maximum Gasteiger partial charge on any atom is 0.178 e. The van der Waals surface area contributed by atoms with Gasteiger partial charge in [0.05, 0.1) is 0 Å². The fourth-order valence-electron chi connectivity index (χ4n) is 8.20. The van der Waals surface area contributed by atoms with Crippen LogP contribution in [0.4, 0.5) is 0 Å². The summed E-state index contributed by atoms with van der Waals surface area (Å²) in [5.41, 5.74) is 8.64. The topological polar surface area (TPSA) is 40.5 Å². The van der Waals surface area contributed by atoms with Gasteiger partial charge >= 0.3 is 0 Å². The van der Waals surface area contributed by atoms with Crippen LogP contribution in [-0.2, 0) is 16.6 Å². The summed E-state index contributed by atoms with van der Waals surface area (Å²) >= 11 is 0. The van der Waals surface area contributed by atoms with Crippen LogP contribution in [0, 0.1) is 23.7 Å². The van der Waals surface area contributed by atoms with E-state index in [1.165, 1.54) is 22.3 Å². The Balaban J connectivity index is 1.18. The molecular weight excluding hydrogens is 572 g/mol. The monoisotopic (exact) mass is 602 g/mol. The molecule has 0 saturated carbocycles. The van der Waals surface area contributed by atoms with Crippen LogP contribution in [0.5, 0.6) is 0 Å². The fraction of sp³-hybridized carbons (Fsp3) is 0.111. The van der Waals surface area contributed by atoms with Crippen LogP contribution < -0.4 is 0 Å². The zero-order valence-corrected chi connectivity index (χ0v) is 25.7. The van der Waals surface area contributed by atoms with Gasteiger partial charge in [-0.05, 0) is 44.5 Å². The van der Waals surface area contributed by atoms with Crippen molar-refractivity contribution in [2.75, 3.05) is 0 Å². The first kappa shape index (κ1) is 27.7. The van der Waals surface area contributed by atoms with Crippen LogP contribution in [0.15, 0.2) is 146 Å². The second-order valence-corrected chi connectivity index (χ2v) is 12.7. The molecule has 6 aromatic rings. The van der Waals surface area contributed by atoms with E-state index in [1.54, 1.807) is 0 Å². The number of hydrogen-bond donors (Lipinski definition) is 2. The quantitative estimate of drug-likeness (QED) is 0.195. The molecule has 0 amide bonds. The molecule has 0 fully saturated rings. The normalized spacial score (nSPS) is 15.8. The fourth-order valence-corrected chi connectivity index (χ4v) is 8.20. The molecule has 0 aromatic heterocycles. The summed E-state index contributed by atoms with van der Waals surface area (Å²) in [6, 6.07) is 49.0. The third-order valence-corrected chi connectivity index (χ3v) is 10.3. The molecule has 6 aromatic carbocycles. The van der Waals surface area contributed by atoms with E-state index in [-0.39, 0.29) is 0 Å². The van der Waals surface area contributed by atoms with Gasteiger partial charge in [-0.2, -0.15) is 0 Å². The van der Waals surface area contributed by atoms with Gasteiger partial charge in [-0.1, -0.05) is 169 Å². The molecule has 2 nitrogen and oxygen atoms in total. The third-order valence-electron chi connectivity index (χ3n) is 10.3. The summed E-state index contributed by atoms with van der Waals surface area (Å²) in [4.78, 5) is 0. The van der Waals surface area contributed by atoms with E-state index in [0.29, 0.717) is 12.8 Å². The Morgan fingerprint density at radius 3 is 0.872 bits per heavy atom. The van der Waals surface area contributed by atoms with Crippen LogP contribution in [0.1, 0.15) is 46.2 Å². The van der Waals surface area contributed by atoms with Crippen molar-refractivity contribution < 1.29 is 10.2 Å². The van der Waals surface area contributed by atoms with E-state index in [4.69, 9.17) is 0 Å². The van der Waals surface area contributed by atoms with Gasteiger partial charge in [-0.15, -0.1) is 0 Å². The molecule has 0 radical (unpaired) electrons. The average Bonchev–Trinajstić information content (AvgIpc) is 3.66. The second-order valence-electron chi connectivity index (χ2n) is 12.7. The van der Waals surface area contributed by atoms with Gasteiger partial charge in [0.15, 0.2) is 11.2 Å². The van der Waals surface area contributed by atoms with Crippen LogP contribution in [-0.4, -0.2) is 10.2 Å². The maximum atomic E-state index is 12.2. The SMILES string of the molecule is OC1(C#CCC2(CC#CC3(O)c4ccccc4-c4ccccc43)c3ccccc3-c3ccccc32)c2ccccc2-c2ccccc21. The summed E-state index contributed by atoms with van der Waals surface area (Å²) < 4.78 is 0. The minimum Gasteiger partial charge on any atom is -0.369 e. The lowest BCUT2D eigenvalue weighted by molar-refractivity contribution is 0.150. The highest BCUT2D eigenvalue weighted by atomic mass is 16.3. The highest BCUT2D eigenvalue weighted by Gasteiger charge is 2.44. The predicted molar refractivity (Wildman–Crippen MR) is 187 cm³/mol. The van der Waals surface area contributed by atoms with Crippen molar-refractivity contribution >= 4 is 0 Å². The Kier molecular flexibility index (Phi) is 5.99. The molecule has 0 aliphatic heterocycles. The lowest BCUT2D eigenvalue weighted by Gasteiger charge is -2.29. The molecule has 0 saturated heterocycles. The van der Waals surface area contributed by atoms with Gasteiger partial charge in [0.1, 0.15) is 0 Å². The first-order valence-corrected chi connectivity index (χ1v) is 16.1. The van der Waals surface area contributed by atoms with Crippen LogP contribution in [0.25, 0.3) is 33.4 Å². The predicted octanol–water partition coefficient (Wildman–Crippen LogP) is 8.57. The van der Waals surface area contributed by atoms with Gasteiger partial charge in [0, 0.05) is 40.5 Å². The Morgan fingerprint density at radius 2 is 0.574 bits per heavy atom. The van der Waals surface area contributed by atoms with E-state index in [9.17, 15) is 10.2 Å². The molecule has 3 aliphatic carbocycles. The van der Waals surface area contributed by atoms with Crippen molar-refractivity contribution in [3.63, 3.8) is 0 Å². The number of fused-ring (bicyclic) bond motifs is 9. The Bertz CT molecular complexity index is 2110. The minimum absolute atomic E-state index is 0.452. The molecule has 3 aliphatic rings. The Hall–Kier alpha value is -5.64. The van der Waals surface area contributed by atoms with E-state index < -0.39 is 16.6 Å². The molecule has 2 heteroatoms. The van der Waals surface area contributed by atoms with Crippen LogP contribution in [0.2, 0.25) is 0 Å². The molecular formula is C45H30O2. The van der Waals surface area contributed by atoms with Crippen LogP contribution in [0.3, 0.4) is 0 Å². The molecule has 2 N–H and O–H groups in total. The third kappa shape index (κ3) is 3.84. The summed E-state index contributed by atoms with van der Waals surface area (Å²) in [5, 5.41) is 24.5. The molecule has 47 heavy (non-hydrogen) atoms. The van der Waals surface area contributed by atoms with E-state index in [0.717, 1.165) is 44.5 Å². The van der Waals surface area contributed by atoms with Crippen LogP contribution >= 0.6 is 0 Å². The zero-order valence-electron chi connectivity index (χ0n) is 25.7. The first-order chi connectivity index (χ1) is 23.0. The Labute approximate surface area is 275 Å². The van der Waals surface area contributed by atoms with Crippen molar-refractivity contribution in [1.29, 1.82) is 0 Å². The number of hydrogen-bond acceptors (Lipinski definition) is 2. The van der Waals surface area contributed by atoms with Gasteiger partial charge in [-0.25, -0.2) is 0 Å². The van der Waals surface area contributed by atoms with Gasteiger partial charge in [-0.3, -0.25) is 0 Å². The molecule has 0 heterocycles. The molecule has 0 atom stereocenters. The standard InChI is InChI=1S/C45H30O2/c46-44(39-23-9-3-17-33(39)34-18-4-10-24-40(34)44)29-13-27-43(37-21-7-1-15-31(37)32-16-2-8-22-38(32)43)28-14-30-45(47)41-25-11-5-19-35(41)36-20-6-12-26-42(36)45/h1-12,15-26,46-47H,27-28H2. The van der Waals surface area contributed by atoms with Gasteiger partial charge < -0.3 is 10.2 Å². The summed E-state index contributed by atoms with van der Waals surface area (Å²) in [7, 11) is 0. The smallest absolute Gasteiger partial charge is 0.178 e. The van der Waals surface area contributed by atoms with Crippen molar-refractivity contribution in [3.05, 3.63) is 179 Å². The van der Waals surface area contributed by atoms with Gasteiger partial charge in [0.2, 0.25) is 0 Å². The first-order valence-electron chi connectivity index (χ1n) is 16.1. The number of benzene rings is 6. The maximum absolute atomic E-state index is 12.2. The van der Waals surface area contributed by atoms with Crippen molar-refractivity contribution in [3.8, 4) is 57.1 Å². The molecule has 0 spiro atoms. The van der Waals surface area contributed by atoms with Crippen molar-refractivity contribution in [2.24, 2.45) is 0 Å². The minimum atomic E-state index is -1.41. The van der Waals surface area contributed by atoms with E-state index in [2.05, 4.69) is 96.5 Å². The highest BCUT2D eigenvalue weighted by Crippen LogP contribution is 2.53. The second kappa shape index (κ2) is 10.2. The lowest BCUT2D eigenvalue weighted by Crippen LogP contribution is -2.26. The summed E-state index contributed by atoms with van der Waals surface area (Å²) in [6.07, 6.45) is 0.905. The Morgan fingerprint density at radius 1 is 0.340 bits per heavy atom. The average molecular weight is 603 g/mol.